The molecule has 0 spiro atoms. The zero-order valence-corrected chi connectivity index (χ0v) is 17.3. The lowest BCUT2D eigenvalue weighted by atomic mass is 9.98. The molecule has 1 heterocycles. The van der Waals surface area contributed by atoms with Crippen LogP contribution in [0.15, 0.2) is 109 Å². The van der Waals surface area contributed by atoms with Gasteiger partial charge in [0, 0.05) is 5.56 Å². The van der Waals surface area contributed by atoms with Crippen LogP contribution in [-0.2, 0) is 0 Å². The van der Waals surface area contributed by atoms with Gasteiger partial charge >= 0.3 is 0 Å². The van der Waals surface area contributed by atoms with E-state index in [4.69, 9.17) is 5.10 Å². The van der Waals surface area contributed by atoms with Gasteiger partial charge in [-0.1, -0.05) is 115 Å². The second-order valence-corrected chi connectivity index (χ2v) is 7.57. The first-order chi connectivity index (χ1) is 15.3. The van der Waals surface area contributed by atoms with Gasteiger partial charge in [0.05, 0.1) is 0 Å². The molecule has 0 radical (unpaired) electrons. The maximum atomic E-state index is 4.83. The summed E-state index contributed by atoms with van der Waals surface area (Å²) < 4.78 is 0. The third-order valence-corrected chi connectivity index (χ3v) is 5.42. The monoisotopic (exact) mass is 402 g/mol. The van der Waals surface area contributed by atoms with Crippen molar-refractivity contribution in [2.75, 3.05) is 0 Å². The molecule has 150 valence electrons. The number of aromatic nitrogens is 4. The summed E-state index contributed by atoms with van der Waals surface area (Å²) in [6, 6.07) is 37.2. The fourth-order valence-electron chi connectivity index (χ4n) is 3.84. The lowest BCUT2D eigenvalue weighted by Crippen LogP contribution is -2.15. The highest BCUT2D eigenvalue weighted by Gasteiger charge is 2.20. The average Bonchev–Trinajstić information content (AvgIpc) is 3.31. The van der Waals surface area contributed by atoms with Crippen molar-refractivity contribution in [2.45, 2.75) is 13.0 Å². The smallest absolute Gasteiger partial charge is 0.152 e. The van der Waals surface area contributed by atoms with Gasteiger partial charge in [-0.05, 0) is 34.4 Å². The van der Waals surface area contributed by atoms with E-state index in [0.29, 0.717) is 5.82 Å². The summed E-state index contributed by atoms with van der Waals surface area (Å²) in [5.74, 6) is 0.619. The summed E-state index contributed by atoms with van der Waals surface area (Å²) in [4.78, 5) is 1.71. The summed E-state index contributed by atoms with van der Waals surface area (Å²) in [5, 5.41) is 13.7. The molecule has 0 aliphatic rings. The van der Waals surface area contributed by atoms with Crippen molar-refractivity contribution in [2.24, 2.45) is 0 Å². The van der Waals surface area contributed by atoms with Gasteiger partial charge in [-0.15, -0.1) is 10.2 Å². The molecule has 5 rings (SSSR count). The predicted molar refractivity (Wildman–Crippen MR) is 124 cm³/mol. The van der Waals surface area contributed by atoms with Crippen LogP contribution < -0.4 is 0 Å². The molecule has 4 nitrogen and oxygen atoms in total. The molecular weight excluding hydrogens is 380 g/mol. The average molecular weight is 403 g/mol. The summed E-state index contributed by atoms with van der Waals surface area (Å²) >= 11 is 0. The maximum absolute atomic E-state index is 4.83. The Bertz CT molecular complexity index is 1240. The van der Waals surface area contributed by atoms with Gasteiger partial charge in [0.1, 0.15) is 6.04 Å². The van der Waals surface area contributed by atoms with Crippen LogP contribution in [0.25, 0.3) is 22.5 Å². The number of aryl methyl sites for hydroxylation is 1. The Kier molecular flexibility index (Phi) is 5.11. The van der Waals surface area contributed by atoms with E-state index in [0.717, 1.165) is 27.8 Å². The van der Waals surface area contributed by atoms with E-state index in [-0.39, 0.29) is 6.04 Å². The van der Waals surface area contributed by atoms with Crippen LogP contribution in [0.4, 0.5) is 0 Å². The molecule has 0 bridgehead atoms. The number of rotatable bonds is 5. The Hall–Kier alpha value is -4.05. The number of hydrogen-bond donors (Lipinski definition) is 0. The number of benzene rings is 4. The van der Waals surface area contributed by atoms with Gasteiger partial charge in [0.2, 0.25) is 5.82 Å². The van der Waals surface area contributed by atoms with Crippen LogP contribution in [-0.4, -0.2) is 20.2 Å². The largest absolute Gasteiger partial charge is 0.205 e. The van der Waals surface area contributed by atoms with Crippen LogP contribution in [0.1, 0.15) is 22.7 Å². The molecule has 0 unspecified atom stereocenters. The van der Waals surface area contributed by atoms with Crippen molar-refractivity contribution in [1.82, 2.24) is 20.2 Å². The molecule has 0 amide bonds. The highest BCUT2D eigenvalue weighted by atomic mass is 15.6. The molecule has 0 atom stereocenters. The van der Waals surface area contributed by atoms with Gasteiger partial charge in [-0.3, -0.25) is 0 Å². The minimum Gasteiger partial charge on any atom is -0.152 e. The first-order valence-corrected chi connectivity index (χ1v) is 10.4. The molecular formula is C27H22N4. The molecule has 1 aromatic heterocycles. The van der Waals surface area contributed by atoms with Crippen LogP contribution in [0, 0.1) is 6.92 Å². The van der Waals surface area contributed by atoms with E-state index in [1.165, 1.54) is 5.56 Å². The quantitative estimate of drug-likeness (QED) is 0.365. The summed E-state index contributed by atoms with van der Waals surface area (Å²) in [6.45, 7) is 2.09. The standard InChI is InChI=1S/C27H22N4/c1-20-16-18-21(19-17-20)24-14-8-9-15-25(24)27-28-30-31(29-27)26(22-10-4-2-5-11-22)23-12-6-3-7-13-23/h2-19,26H,1H3. The fourth-order valence-corrected chi connectivity index (χ4v) is 3.84. The van der Waals surface area contributed by atoms with E-state index in [1.807, 2.05) is 48.5 Å². The molecule has 4 aromatic carbocycles. The zero-order valence-electron chi connectivity index (χ0n) is 17.3. The zero-order chi connectivity index (χ0) is 21.0. The van der Waals surface area contributed by atoms with E-state index in [2.05, 4.69) is 77.9 Å². The molecule has 0 aliphatic heterocycles. The van der Waals surface area contributed by atoms with Crippen LogP contribution in [0.2, 0.25) is 0 Å². The molecule has 31 heavy (non-hydrogen) atoms. The van der Waals surface area contributed by atoms with Gasteiger partial charge in [-0.2, -0.15) is 4.80 Å². The fraction of sp³-hybridized carbons (Fsp3) is 0.0741. The van der Waals surface area contributed by atoms with E-state index in [9.17, 15) is 0 Å². The van der Waals surface area contributed by atoms with Crippen molar-refractivity contribution in [1.29, 1.82) is 0 Å². The van der Waals surface area contributed by atoms with Crippen molar-refractivity contribution in [3.05, 3.63) is 126 Å². The SMILES string of the molecule is Cc1ccc(-c2ccccc2-c2nnn(C(c3ccccc3)c3ccccc3)n2)cc1. The second kappa shape index (κ2) is 8.36. The van der Waals surface area contributed by atoms with Crippen LogP contribution in [0.5, 0.6) is 0 Å². The molecule has 0 N–H and O–H groups in total. The first kappa shape index (κ1) is 18.9. The van der Waals surface area contributed by atoms with Crippen LogP contribution in [0.3, 0.4) is 0 Å². The Morgan fingerprint density at radius 1 is 0.613 bits per heavy atom. The third kappa shape index (κ3) is 3.88. The highest BCUT2D eigenvalue weighted by molar-refractivity contribution is 5.80. The third-order valence-electron chi connectivity index (χ3n) is 5.42. The van der Waals surface area contributed by atoms with E-state index in [1.54, 1.807) is 4.80 Å². The molecule has 0 saturated heterocycles. The normalized spacial score (nSPS) is 11.0. The Morgan fingerprint density at radius 2 is 1.16 bits per heavy atom. The van der Waals surface area contributed by atoms with Gasteiger partial charge in [-0.25, -0.2) is 0 Å². The Balaban J connectivity index is 1.59. The summed E-state index contributed by atoms with van der Waals surface area (Å²) in [6.07, 6.45) is 0. The molecule has 4 heteroatoms. The number of hydrogen-bond acceptors (Lipinski definition) is 3. The van der Waals surface area contributed by atoms with Gasteiger partial charge in [0.25, 0.3) is 0 Å². The van der Waals surface area contributed by atoms with Crippen molar-refractivity contribution in [3.63, 3.8) is 0 Å². The molecule has 0 fully saturated rings. The van der Waals surface area contributed by atoms with Crippen molar-refractivity contribution >= 4 is 0 Å². The second-order valence-electron chi connectivity index (χ2n) is 7.57. The maximum Gasteiger partial charge on any atom is 0.205 e. The minimum absolute atomic E-state index is 0.143. The Labute approximate surface area is 181 Å². The summed E-state index contributed by atoms with van der Waals surface area (Å²) in [7, 11) is 0. The molecule has 0 saturated carbocycles. The van der Waals surface area contributed by atoms with Gasteiger partial charge < -0.3 is 0 Å². The lowest BCUT2D eigenvalue weighted by Gasteiger charge is -2.16. The summed E-state index contributed by atoms with van der Waals surface area (Å²) in [5.41, 5.74) is 6.67. The Morgan fingerprint density at radius 3 is 1.77 bits per heavy atom. The topological polar surface area (TPSA) is 43.6 Å². The van der Waals surface area contributed by atoms with Crippen molar-refractivity contribution in [3.8, 4) is 22.5 Å². The van der Waals surface area contributed by atoms with Crippen LogP contribution >= 0.6 is 0 Å². The predicted octanol–water partition coefficient (Wildman–Crippen LogP) is 5.95. The van der Waals surface area contributed by atoms with Gasteiger partial charge in [0.15, 0.2) is 0 Å². The molecule has 5 aromatic rings. The van der Waals surface area contributed by atoms with E-state index >= 15 is 0 Å². The van der Waals surface area contributed by atoms with Crippen molar-refractivity contribution < 1.29 is 0 Å². The highest BCUT2D eigenvalue weighted by Crippen LogP contribution is 2.31. The number of tetrazole rings is 1. The number of nitrogens with zero attached hydrogens (tertiary/aromatic N) is 4. The first-order valence-electron chi connectivity index (χ1n) is 10.4. The van der Waals surface area contributed by atoms with E-state index < -0.39 is 0 Å². The molecule has 0 aliphatic carbocycles. The minimum atomic E-state index is -0.143. The lowest BCUT2D eigenvalue weighted by molar-refractivity contribution is 0.505.